The molecule has 0 aromatic heterocycles. The lowest BCUT2D eigenvalue weighted by Gasteiger charge is -2.28. The first-order valence-corrected chi connectivity index (χ1v) is 5.84. The summed E-state index contributed by atoms with van der Waals surface area (Å²) >= 11 is 0. The third-order valence-corrected chi connectivity index (χ3v) is 3.10. The zero-order valence-electron chi connectivity index (χ0n) is 10.2. The number of hydrogen-bond acceptors (Lipinski definition) is 4. The minimum Gasteiger partial charge on any atom is -0.337 e. The summed E-state index contributed by atoms with van der Waals surface area (Å²) in [5, 5.41) is 13.7. The van der Waals surface area contributed by atoms with Gasteiger partial charge in [-0.05, 0) is 19.0 Å². The summed E-state index contributed by atoms with van der Waals surface area (Å²) in [7, 11) is 1.83. The van der Waals surface area contributed by atoms with Crippen molar-refractivity contribution in [2.75, 3.05) is 26.7 Å². The predicted octanol–water partition coefficient (Wildman–Crippen LogP) is 0.812. The molecule has 1 heterocycles. The highest BCUT2D eigenvalue weighted by atomic mass is 16.6. The molecule has 1 amide bonds. The Kier molecular flexibility index (Phi) is 3.57. The minimum absolute atomic E-state index is 0.0300. The lowest BCUT2D eigenvalue weighted by molar-refractivity contribution is -0.384. The number of fused-ring (bicyclic) bond motifs is 1. The van der Waals surface area contributed by atoms with Gasteiger partial charge in [0.15, 0.2) is 0 Å². The SMILES string of the molecule is CNCCN1CCc2ccc([N+](=O)[O-])cc2C1=O. The Morgan fingerprint density at radius 2 is 2.28 bits per heavy atom. The molecule has 1 N–H and O–H groups in total. The highest BCUT2D eigenvalue weighted by Gasteiger charge is 2.25. The molecule has 96 valence electrons. The summed E-state index contributed by atoms with van der Waals surface area (Å²) in [6.07, 6.45) is 0.753. The number of nitro groups is 1. The van der Waals surface area contributed by atoms with Crippen molar-refractivity contribution in [3.05, 3.63) is 39.4 Å². The molecule has 2 rings (SSSR count). The Morgan fingerprint density at radius 3 is 2.94 bits per heavy atom. The van der Waals surface area contributed by atoms with E-state index in [1.165, 1.54) is 12.1 Å². The fourth-order valence-corrected chi connectivity index (χ4v) is 2.08. The molecule has 18 heavy (non-hydrogen) atoms. The zero-order chi connectivity index (χ0) is 13.1. The van der Waals surface area contributed by atoms with Crippen molar-refractivity contribution >= 4 is 11.6 Å². The van der Waals surface area contributed by atoms with Crippen LogP contribution in [0.25, 0.3) is 0 Å². The smallest absolute Gasteiger partial charge is 0.270 e. The Hall–Kier alpha value is -1.95. The molecule has 0 saturated heterocycles. The quantitative estimate of drug-likeness (QED) is 0.633. The molecule has 6 heteroatoms. The van der Waals surface area contributed by atoms with Gasteiger partial charge in [0.25, 0.3) is 11.6 Å². The highest BCUT2D eigenvalue weighted by Crippen LogP contribution is 2.23. The average molecular weight is 249 g/mol. The van der Waals surface area contributed by atoms with Gasteiger partial charge < -0.3 is 10.2 Å². The Morgan fingerprint density at radius 1 is 1.50 bits per heavy atom. The largest absolute Gasteiger partial charge is 0.337 e. The number of rotatable bonds is 4. The van der Waals surface area contributed by atoms with Crippen molar-refractivity contribution in [1.82, 2.24) is 10.2 Å². The van der Waals surface area contributed by atoms with E-state index in [1.54, 1.807) is 11.0 Å². The zero-order valence-corrected chi connectivity index (χ0v) is 10.2. The van der Waals surface area contributed by atoms with E-state index in [0.717, 1.165) is 18.5 Å². The van der Waals surface area contributed by atoms with E-state index in [9.17, 15) is 14.9 Å². The fourth-order valence-electron chi connectivity index (χ4n) is 2.08. The summed E-state index contributed by atoms with van der Waals surface area (Å²) in [4.78, 5) is 24.1. The molecule has 0 atom stereocenters. The molecule has 0 spiro atoms. The van der Waals surface area contributed by atoms with Gasteiger partial charge >= 0.3 is 0 Å². The van der Waals surface area contributed by atoms with Gasteiger partial charge in [-0.3, -0.25) is 14.9 Å². The summed E-state index contributed by atoms with van der Waals surface area (Å²) in [5.41, 5.74) is 1.33. The Bertz CT molecular complexity index is 487. The van der Waals surface area contributed by atoms with Crippen LogP contribution in [0.1, 0.15) is 15.9 Å². The maximum Gasteiger partial charge on any atom is 0.270 e. The number of carbonyl (C=O) groups excluding carboxylic acids is 1. The monoisotopic (exact) mass is 249 g/mol. The van der Waals surface area contributed by atoms with E-state index in [0.29, 0.717) is 18.7 Å². The molecule has 1 aliphatic heterocycles. The van der Waals surface area contributed by atoms with Crippen molar-refractivity contribution in [2.24, 2.45) is 0 Å². The fraction of sp³-hybridized carbons (Fsp3) is 0.417. The van der Waals surface area contributed by atoms with E-state index < -0.39 is 4.92 Å². The van der Waals surface area contributed by atoms with Crippen LogP contribution < -0.4 is 5.32 Å². The number of carbonyl (C=O) groups is 1. The highest BCUT2D eigenvalue weighted by molar-refractivity contribution is 5.97. The number of non-ortho nitro benzene ring substituents is 1. The molecule has 1 aromatic rings. The van der Waals surface area contributed by atoms with Gasteiger partial charge in [-0.1, -0.05) is 6.07 Å². The molecule has 0 aliphatic carbocycles. The molecular weight excluding hydrogens is 234 g/mol. The minimum atomic E-state index is -0.472. The summed E-state index contributed by atoms with van der Waals surface area (Å²) in [6.45, 7) is 2.01. The van der Waals surface area contributed by atoms with Crippen LogP contribution in [0.3, 0.4) is 0 Å². The van der Waals surface area contributed by atoms with Crippen LogP contribution >= 0.6 is 0 Å². The van der Waals surface area contributed by atoms with E-state index in [4.69, 9.17) is 0 Å². The van der Waals surface area contributed by atoms with Gasteiger partial charge in [-0.25, -0.2) is 0 Å². The van der Waals surface area contributed by atoms with Crippen molar-refractivity contribution in [3.8, 4) is 0 Å². The summed E-state index contributed by atoms with van der Waals surface area (Å²) < 4.78 is 0. The van der Waals surface area contributed by atoms with Gasteiger partial charge in [0.1, 0.15) is 0 Å². The van der Waals surface area contributed by atoms with Crippen LogP contribution in [0, 0.1) is 10.1 Å². The average Bonchev–Trinajstić information content (AvgIpc) is 2.37. The van der Waals surface area contributed by atoms with Crippen LogP contribution in [-0.2, 0) is 6.42 Å². The number of nitro benzene ring substituents is 1. The van der Waals surface area contributed by atoms with Crippen molar-refractivity contribution in [1.29, 1.82) is 0 Å². The van der Waals surface area contributed by atoms with Crippen molar-refractivity contribution < 1.29 is 9.72 Å². The number of hydrogen-bond donors (Lipinski definition) is 1. The maximum atomic E-state index is 12.2. The molecule has 0 fully saturated rings. The standard InChI is InChI=1S/C12H15N3O3/c1-13-5-7-14-6-4-9-2-3-10(15(17)18)8-11(9)12(14)16/h2-3,8,13H,4-7H2,1H3. The predicted molar refractivity (Wildman–Crippen MR) is 66.6 cm³/mol. The van der Waals surface area contributed by atoms with Gasteiger partial charge in [-0.2, -0.15) is 0 Å². The first-order valence-electron chi connectivity index (χ1n) is 5.84. The van der Waals surface area contributed by atoms with E-state index >= 15 is 0 Å². The molecule has 0 saturated carbocycles. The summed E-state index contributed by atoms with van der Waals surface area (Å²) in [6, 6.07) is 4.51. The Balaban J connectivity index is 2.26. The van der Waals surface area contributed by atoms with E-state index in [-0.39, 0.29) is 11.6 Å². The number of nitrogens with zero attached hydrogens (tertiary/aromatic N) is 2. The lowest BCUT2D eigenvalue weighted by atomic mass is 9.98. The number of likely N-dealkylation sites (N-methyl/N-ethyl adjacent to an activating group) is 1. The maximum absolute atomic E-state index is 12.2. The van der Waals surface area contributed by atoms with Crippen molar-refractivity contribution in [2.45, 2.75) is 6.42 Å². The topological polar surface area (TPSA) is 75.5 Å². The molecule has 0 bridgehead atoms. The van der Waals surface area contributed by atoms with Crippen LogP contribution in [0.5, 0.6) is 0 Å². The van der Waals surface area contributed by atoms with Gasteiger partial charge in [-0.15, -0.1) is 0 Å². The van der Waals surface area contributed by atoms with E-state index in [1.807, 2.05) is 7.05 Å². The normalized spacial score (nSPS) is 14.5. The van der Waals surface area contributed by atoms with Crippen LogP contribution in [-0.4, -0.2) is 42.4 Å². The van der Waals surface area contributed by atoms with Gasteiger partial charge in [0.2, 0.25) is 0 Å². The van der Waals surface area contributed by atoms with E-state index in [2.05, 4.69) is 5.32 Å². The molecular formula is C12H15N3O3. The van der Waals surface area contributed by atoms with Crippen LogP contribution in [0.4, 0.5) is 5.69 Å². The molecule has 1 aliphatic rings. The first kappa shape index (κ1) is 12.5. The molecule has 6 nitrogen and oxygen atoms in total. The second-order valence-corrected chi connectivity index (χ2v) is 4.24. The third-order valence-electron chi connectivity index (χ3n) is 3.10. The summed E-state index contributed by atoms with van der Waals surface area (Å²) in [5.74, 6) is -0.116. The second kappa shape index (κ2) is 5.14. The van der Waals surface area contributed by atoms with Crippen LogP contribution in [0.15, 0.2) is 18.2 Å². The van der Waals surface area contributed by atoms with Crippen molar-refractivity contribution in [3.63, 3.8) is 0 Å². The van der Waals surface area contributed by atoms with Gasteiger partial charge in [0.05, 0.1) is 4.92 Å². The first-order chi connectivity index (χ1) is 8.63. The lowest BCUT2D eigenvalue weighted by Crippen LogP contribution is -2.41. The number of benzene rings is 1. The number of amides is 1. The molecule has 1 aromatic carbocycles. The second-order valence-electron chi connectivity index (χ2n) is 4.24. The van der Waals surface area contributed by atoms with Crippen LogP contribution in [0.2, 0.25) is 0 Å². The molecule has 0 radical (unpaired) electrons. The number of nitrogens with one attached hydrogen (secondary N) is 1. The third kappa shape index (κ3) is 2.33. The Labute approximate surface area is 105 Å². The van der Waals surface area contributed by atoms with Gasteiger partial charge in [0, 0.05) is 37.3 Å². The molecule has 0 unspecified atom stereocenters.